The van der Waals surface area contributed by atoms with E-state index in [1.165, 1.54) is 7.05 Å². The van der Waals surface area contributed by atoms with Gasteiger partial charge < -0.3 is 10.0 Å². The number of carbonyl (C=O) groups excluding carboxylic acids is 1. The van der Waals surface area contributed by atoms with E-state index in [4.69, 9.17) is 5.11 Å². The van der Waals surface area contributed by atoms with E-state index in [2.05, 4.69) is 0 Å². The number of aliphatic carboxylic acids is 1. The molecule has 0 aliphatic heterocycles. The summed E-state index contributed by atoms with van der Waals surface area (Å²) in [5.41, 5.74) is -2.28. The first kappa shape index (κ1) is 15.9. The van der Waals surface area contributed by atoms with Gasteiger partial charge >= 0.3 is 12.1 Å². The average Bonchev–Trinajstić information content (AvgIpc) is 2.33. The topological polar surface area (TPSA) is 57.6 Å². The molecule has 1 aromatic carbocycles. The van der Waals surface area contributed by atoms with E-state index in [-0.39, 0.29) is 13.0 Å². The summed E-state index contributed by atoms with van der Waals surface area (Å²) in [5.74, 6) is -3.84. The molecule has 0 atom stereocenters. The second-order valence-corrected chi connectivity index (χ2v) is 4.04. The number of rotatable bonds is 4. The Morgan fingerprint density at radius 2 is 1.90 bits per heavy atom. The number of amides is 1. The molecule has 0 aromatic heterocycles. The quantitative estimate of drug-likeness (QED) is 0.867. The molecule has 20 heavy (non-hydrogen) atoms. The smallest absolute Gasteiger partial charge is 0.419 e. The molecule has 0 spiro atoms. The zero-order valence-electron chi connectivity index (χ0n) is 10.4. The van der Waals surface area contributed by atoms with Gasteiger partial charge in [-0.25, -0.2) is 4.39 Å². The summed E-state index contributed by atoms with van der Waals surface area (Å²) < 4.78 is 51.2. The summed E-state index contributed by atoms with van der Waals surface area (Å²) in [6.07, 6.45) is -5.29. The lowest BCUT2D eigenvalue weighted by Crippen LogP contribution is -2.30. The fourth-order valence-electron chi connectivity index (χ4n) is 1.49. The van der Waals surface area contributed by atoms with Gasteiger partial charge in [-0.1, -0.05) is 6.07 Å². The maximum atomic E-state index is 13.7. The van der Waals surface area contributed by atoms with Gasteiger partial charge in [-0.05, 0) is 12.1 Å². The third-order valence-corrected chi connectivity index (χ3v) is 2.54. The van der Waals surface area contributed by atoms with Gasteiger partial charge in [0.1, 0.15) is 5.82 Å². The summed E-state index contributed by atoms with van der Waals surface area (Å²) >= 11 is 0. The highest BCUT2D eigenvalue weighted by Gasteiger charge is 2.36. The third-order valence-electron chi connectivity index (χ3n) is 2.54. The fraction of sp³-hybridized carbons (Fsp3) is 0.333. The van der Waals surface area contributed by atoms with Crippen LogP contribution in [0.4, 0.5) is 17.6 Å². The molecule has 0 saturated carbocycles. The van der Waals surface area contributed by atoms with Gasteiger partial charge in [0.25, 0.3) is 5.91 Å². The van der Waals surface area contributed by atoms with Crippen LogP contribution in [0.2, 0.25) is 0 Å². The van der Waals surface area contributed by atoms with Crippen molar-refractivity contribution in [2.45, 2.75) is 12.6 Å². The number of carbonyl (C=O) groups is 2. The predicted molar refractivity (Wildman–Crippen MR) is 60.6 cm³/mol. The van der Waals surface area contributed by atoms with Crippen LogP contribution in [0.25, 0.3) is 0 Å². The van der Waals surface area contributed by atoms with E-state index in [1.54, 1.807) is 0 Å². The van der Waals surface area contributed by atoms with Gasteiger partial charge in [-0.2, -0.15) is 13.2 Å². The van der Waals surface area contributed by atoms with E-state index in [0.29, 0.717) is 6.07 Å². The lowest BCUT2D eigenvalue weighted by Gasteiger charge is -2.17. The Kier molecular flexibility index (Phi) is 4.69. The summed E-state index contributed by atoms with van der Waals surface area (Å²) in [5, 5.41) is 8.46. The van der Waals surface area contributed by atoms with Crippen molar-refractivity contribution in [1.29, 1.82) is 0 Å². The highest BCUT2D eigenvalue weighted by atomic mass is 19.4. The number of hydrogen-bond acceptors (Lipinski definition) is 2. The summed E-state index contributed by atoms with van der Waals surface area (Å²) in [4.78, 5) is 23.0. The van der Waals surface area contributed by atoms with Crippen LogP contribution >= 0.6 is 0 Å². The van der Waals surface area contributed by atoms with E-state index in [0.717, 1.165) is 17.0 Å². The number of carboxylic acids is 1. The van der Waals surface area contributed by atoms with Crippen molar-refractivity contribution in [2.24, 2.45) is 0 Å². The van der Waals surface area contributed by atoms with Crippen LogP contribution in [-0.2, 0) is 11.0 Å². The van der Waals surface area contributed by atoms with Crippen molar-refractivity contribution in [2.75, 3.05) is 13.6 Å². The van der Waals surface area contributed by atoms with Gasteiger partial charge in [0.05, 0.1) is 17.5 Å². The monoisotopic (exact) mass is 293 g/mol. The molecule has 1 N–H and O–H groups in total. The van der Waals surface area contributed by atoms with E-state index >= 15 is 0 Å². The Hall–Kier alpha value is -2.12. The van der Waals surface area contributed by atoms with Crippen LogP contribution in [0.1, 0.15) is 22.3 Å². The second kappa shape index (κ2) is 5.89. The van der Waals surface area contributed by atoms with Crippen molar-refractivity contribution in [1.82, 2.24) is 4.90 Å². The molecule has 0 aliphatic carbocycles. The number of hydrogen-bond donors (Lipinski definition) is 1. The Morgan fingerprint density at radius 3 is 2.40 bits per heavy atom. The highest BCUT2D eigenvalue weighted by Crippen LogP contribution is 2.32. The predicted octanol–water partition coefficient (Wildman–Crippen LogP) is 2.39. The van der Waals surface area contributed by atoms with Crippen LogP contribution in [0, 0.1) is 5.82 Å². The SMILES string of the molecule is CN(CCC(=O)O)C(=O)c1cccc(C(F)(F)F)c1F. The van der Waals surface area contributed by atoms with Crippen molar-refractivity contribution in [3.8, 4) is 0 Å². The highest BCUT2D eigenvalue weighted by molar-refractivity contribution is 5.94. The molecule has 0 radical (unpaired) electrons. The molecule has 0 aliphatic rings. The fourth-order valence-corrected chi connectivity index (χ4v) is 1.49. The normalized spacial score (nSPS) is 11.2. The Labute approximate surface area is 111 Å². The molecular formula is C12H11F4NO3. The zero-order valence-corrected chi connectivity index (χ0v) is 10.4. The van der Waals surface area contributed by atoms with Crippen molar-refractivity contribution >= 4 is 11.9 Å². The van der Waals surface area contributed by atoms with Gasteiger partial charge in [0.2, 0.25) is 0 Å². The van der Waals surface area contributed by atoms with Crippen molar-refractivity contribution in [3.63, 3.8) is 0 Å². The minimum Gasteiger partial charge on any atom is -0.481 e. The molecule has 110 valence electrons. The maximum Gasteiger partial charge on any atom is 0.419 e. The van der Waals surface area contributed by atoms with Crippen LogP contribution in [0.15, 0.2) is 18.2 Å². The minimum atomic E-state index is -4.90. The molecule has 0 heterocycles. The Bertz CT molecular complexity index is 528. The van der Waals surface area contributed by atoms with Gasteiger partial charge in [0.15, 0.2) is 0 Å². The van der Waals surface area contributed by atoms with Crippen LogP contribution in [-0.4, -0.2) is 35.5 Å². The molecule has 0 bridgehead atoms. The molecular weight excluding hydrogens is 282 g/mol. The Morgan fingerprint density at radius 1 is 1.30 bits per heavy atom. The molecule has 1 aromatic rings. The van der Waals surface area contributed by atoms with E-state index in [1.807, 2.05) is 0 Å². The number of alkyl halides is 3. The van der Waals surface area contributed by atoms with Crippen molar-refractivity contribution < 1.29 is 32.3 Å². The molecule has 1 rings (SSSR count). The van der Waals surface area contributed by atoms with Crippen LogP contribution in [0.5, 0.6) is 0 Å². The third kappa shape index (κ3) is 3.69. The van der Waals surface area contributed by atoms with Crippen LogP contribution < -0.4 is 0 Å². The standard InChI is InChI=1S/C12H11F4NO3/c1-17(6-5-9(18)19)11(20)7-3-2-4-8(10(7)13)12(14,15)16/h2-4H,5-6H2,1H3,(H,18,19). The average molecular weight is 293 g/mol. The largest absolute Gasteiger partial charge is 0.481 e. The molecule has 1 amide bonds. The summed E-state index contributed by atoms with van der Waals surface area (Å²) in [6, 6.07) is 2.37. The maximum absolute atomic E-state index is 13.7. The summed E-state index contributed by atoms with van der Waals surface area (Å²) in [6.45, 7) is -0.232. The molecule has 0 unspecified atom stereocenters. The number of halogens is 4. The Balaban J connectivity index is 3.02. The number of benzene rings is 1. The lowest BCUT2D eigenvalue weighted by molar-refractivity contribution is -0.140. The molecule has 8 heteroatoms. The molecule has 4 nitrogen and oxygen atoms in total. The van der Waals surface area contributed by atoms with Gasteiger partial charge in [0, 0.05) is 13.6 Å². The number of nitrogens with zero attached hydrogens (tertiary/aromatic N) is 1. The van der Waals surface area contributed by atoms with Gasteiger partial charge in [-0.3, -0.25) is 9.59 Å². The van der Waals surface area contributed by atoms with Gasteiger partial charge in [-0.15, -0.1) is 0 Å². The minimum absolute atomic E-state index is 0.232. The van der Waals surface area contributed by atoms with Crippen LogP contribution in [0.3, 0.4) is 0 Å². The van der Waals surface area contributed by atoms with E-state index in [9.17, 15) is 27.2 Å². The van der Waals surface area contributed by atoms with Crippen molar-refractivity contribution in [3.05, 3.63) is 35.1 Å². The summed E-state index contributed by atoms with van der Waals surface area (Å²) in [7, 11) is 1.19. The number of carboxylic acid groups (broad SMARTS) is 1. The second-order valence-electron chi connectivity index (χ2n) is 4.04. The first-order valence-electron chi connectivity index (χ1n) is 5.47. The first-order valence-corrected chi connectivity index (χ1v) is 5.47. The van der Waals surface area contributed by atoms with E-state index < -0.39 is 35.0 Å². The first-order chi connectivity index (χ1) is 9.14. The molecule has 0 fully saturated rings. The molecule has 0 saturated heterocycles. The lowest BCUT2D eigenvalue weighted by atomic mass is 10.1. The zero-order chi connectivity index (χ0) is 15.5.